The third-order valence-electron chi connectivity index (χ3n) is 3.76. The van der Waals surface area contributed by atoms with Gasteiger partial charge in [-0.2, -0.15) is 0 Å². The standard InChI is InChI=1S/C18H15N5OS/c1-12-21-22-17-18(20-14-9-5-6-10-15(14)23(12)17)25-11-16(24)19-13-7-3-2-4-8-13/h2-10H,11H2,1H3,(H,19,24). The van der Waals surface area contributed by atoms with Crippen LogP contribution in [0.15, 0.2) is 59.6 Å². The Morgan fingerprint density at radius 3 is 2.68 bits per heavy atom. The van der Waals surface area contributed by atoms with Crippen LogP contribution in [0.4, 0.5) is 5.69 Å². The predicted octanol–water partition coefficient (Wildman–Crippen LogP) is 3.32. The minimum absolute atomic E-state index is 0.0828. The first kappa shape index (κ1) is 15.6. The summed E-state index contributed by atoms with van der Waals surface area (Å²) in [4.78, 5) is 16.8. The quantitative estimate of drug-likeness (QED) is 0.572. The van der Waals surface area contributed by atoms with Crippen molar-refractivity contribution >= 4 is 40.0 Å². The van der Waals surface area contributed by atoms with Crippen molar-refractivity contribution in [3.63, 3.8) is 0 Å². The van der Waals surface area contributed by atoms with Crippen LogP contribution in [0.2, 0.25) is 0 Å². The second kappa shape index (κ2) is 6.52. The summed E-state index contributed by atoms with van der Waals surface area (Å²) < 4.78 is 1.97. The lowest BCUT2D eigenvalue weighted by atomic mass is 10.3. The molecule has 0 aliphatic heterocycles. The molecule has 2 aromatic carbocycles. The van der Waals surface area contributed by atoms with E-state index in [4.69, 9.17) is 0 Å². The molecule has 0 saturated heterocycles. The lowest BCUT2D eigenvalue weighted by Crippen LogP contribution is -2.14. The molecule has 0 radical (unpaired) electrons. The summed E-state index contributed by atoms with van der Waals surface area (Å²) in [6, 6.07) is 17.2. The number of nitrogens with one attached hydrogen (secondary N) is 1. The zero-order chi connectivity index (χ0) is 17.2. The van der Waals surface area contributed by atoms with E-state index in [0.717, 1.165) is 22.5 Å². The molecule has 0 spiro atoms. The van der Waals surface area contributed by atoms with Crippen LogP contribution < -0.4 is 5.32 Å². The third-order valence-corrected chi connectivity index (χ3v) is 4.71. The molecule has 2 aromatic heterocycles. The number of nitrogens with zero attached hydrogens (tertiary/aromatic N) is 4. The van der Waals surface area contributed by atoms with E-state index in [-0.39, 0.29) is 11.7 Å². The minimum Gasteiger partial charge on any atom is -0.325 e. The van der Waals surface area contributed by atoms with Gasteiger partial charge in [0.25, 0.3) is 0 Å². The topological polar surface area (TPSA) is 72.2 Å². The van der Waals surface area contributed by atoms with Crippen LogP contribution in [0.5, 0.6) is 0 Å². The van der Waals surface area contributed by atoms with Crippen molar-refractivity contribution in [3.8, 4) is 0 Å². The van der Waals surface area contributed by atoms with Gasteiger partial charge in [-0.05, 0) is 31.2 Å². The smallest absolute Gasteiger partial charge is 0.234 e. The van der Waals surface area contributed by atoms with Gasteiger partial charge in [0.2, 0.25) is 5.91 Å². The Bertz CT molecular complexity index is 1060. The van der Waals surface area contributed by atoms with E-state index in [2.05, 4.69) is 20.5 Å². The van der Waals surface area contributed by atoms with E-state index in [0.29, 0.717) is 10.7 Å². The number of para-hydroxylation sites is 3. The molecular formula is C18H15N5OS. The second-order valence-corrected chi connectivity index (χ2v) is 6.48. The van der Waals surface area contributed by atoms with Crippen molar-refractivity contribution in [1.29, 1.82) is 0 Å². The molecule has 0 atom stereocenters. The Morgan fingerprint density at radius 1 is 1.08 bits per heavy atom. The SMILES string of the molecule is Cc1nnc2c(SCC(=O)Nc3ccccc3)nc3ccccc3n12. The Hall–Kier alpha value is -2.93. The van der Waals surface area contributed by atoms with E-state index in [9.17, 15) is 4.79 Å². The highest BCUT2D eigenvalue weighted by Gasteiger charge is 2.14. The fourth-order valence-electron chi connectivity index (χ4n) is 2.65. The zero-order valence-corrected chi connectivity index (χ0v) is 14.3. The van der Waals surface area contributed by atoms with E-state index < -0.39 is 0 Å². The fraction of sp³-hybridized carbons (Fsp3) is 0.111. The maximum atomic E-state index is 12.2. The molecule has 25 heavy (non-hydrogen) atoms. The number of amides is 1. The summed E-state index contributed by atoms with van der Waals surface area (Å²) in [7, 11) is 0. The molecule has 6 nitrogen and oxygen atoms in total. The van der Waals surface area contributed by atoms with Gasteiger partial charge >= 0.3 is 0 Å². The molecule has 2 heterocycles. The van der Waals surface area contributed by atoms with Crippen LogP contribution in [-0.2, 0) is 4.79 Å². The molecule has 4 rings (SSSR count). The molecule has 7 heteroatoms. The van der Waals surface area contributed by atoms with Gasteiger partial charge in [-0.1, -0.05) is 42.1 Å². The Kier molecular flexibility index (Phi) is 4.07. The molecule has 1 N–H and O–H groups in total. The summed E-state index contributed by atoms with van der Waals surface area (Å²) in [5, 5.41) is 12.0. The van der Waals surface area contributed by atoms with Crippen molar-refractivity contribution in [1.82, 2.24) is 19.6 Å². The predicted molar refractivity (Wildman–Crippen MR) is 98.8 cm³/mol. The number of fused-ring (bicyclic) bond motifs is 3. The highest BCUT2D eigenvalue weighted by Crippen LogP contribution is 2.25. The Morgan fingerprint density at radius 2 is 1.84 bits per heavy atom. The molecule has 4 aromatic rings. The van der Waals surface area contributed by atoms with Crippen molar-refractivity contribution in [2.24, 2.45) is 0 Å². The number of benzene rings is 2. The average Bonchev–Trinajstić information content (AvgIpc) is 3.03. The zero-order valence-electron chi connectivity index (χ0n) is 13.5. The number of aromatic nitrogens is 4. The average molecular weight is 349 g/mol. The van der Waals surface area contributed by atoms with Crippen molar-refractivity contribution < 1.29 is 4.79 Å². The van der Waals surface area contributed by atoms with Crippen LogP contribution in [0.1, 0.15) is 5.82 Å². The molecule has 0 unspecified atom stereocenters. The van der Waals surface area contributed by atoms with Crippen LogP contribution in [0.3, 0.4) is 0 Å². The second-order valence-electron chi connectivity index (χ2n) is 5.51. The number of carbonyl (C=O) groups excluding carboxylic acids is 1. The van der Waals surface area contributed by atoms with Gasteiger partial charge in [0.15, 0.2) is 5.65 Å². The molecule has 1 amide bonds. The summed E-state index contributed by atoms with van der Waals surface area (Å²) in [5.41, 5.74) is 3.26. The lowest BCUT2D eigenvalue weighted by molar-refractivity contribution is -0.113. The summed E-state index contributed by atoms with van der Waals surface area (Å²) in [6.45, 7) is 1.91. The van der Waals surface area contributed by atoms with E-state index >= 15 is 0 Å². The minimum atomic E-state index is -0.0828. The molecule has 0 fully saturated rings. The van der Waals surface area contributed by atoms with E-state index in [1.165, 1.54) is 11.8 Å². The van der Waals surface area contributed by atoms with Gasteiger partial charge in [0, 0.05) is 5.69 Å². The van der Waals surface area contributed by atoms with Gasteiger partial charge in [-0.25, -0.2) is 4.98 Å². The Labute approximate surface area is 148 Å². The van der Waals surface area contributed by atoms with Crippen LogP contribution in [-0.4, -0.2) is 31.2 Å². The highest BCUT2D eigenvalue weighted by atomic mass is 32.2. The molecule has 0 aliphatic rings. The van der Waals surface area contributed by atoms with Crippen molar-refractivity contribution in [2.45, 2.75) is 11.9 Å². The first-order valence-electron chi connectivity index (χ1n) is 7.80. The largest absolute Gasteiger partial charge is 0.325 e. The number of rotatable bonds is 4. The van der Waals surface area contributed by atoms with Crippen molar-refractivity contribution in [3.05, 3.63) is 60.4 Å². The molecule has 0 aliphatic carbocycles. The fourth-order valence-corrected chi connectivity index (χ4v) is 3.41. The Balaban J connectivity index is 1.61. The summed E-state index contributed by atoms with van der Waals surface area (Å²) in [6.07, 6.45) is 0. The first-order chi connectivity index (χ1) is 12.2. The maximum Gasteiger partial charge on any atom is 0.234 e. The maximum absolute atomic E-state index is 12.2. The molecule has 124 valence electrons. The van der Waals surface area contributed by atoms with Crippen LogP contribution >= 0.6 is 11.8 Å². The monoisotopic (exact) mass is 349 g/mol. The first-order valence-corrected chi connectivity index (χ1v) is 8.79. The van der Waals surface area contributed by atoms with Gasteiger partial charge in [0.1, 0.15) is 10.9 Å². The van der Waals surface area contributed by atoms with Gasteiger partial charge in [-0.3, -0.25) is 9.20 Å². The van der Waals surface area contributed by atoms with E-state index in [1.807, 2.05) is 65.9 Å². The normalized spacial score (nSPS) is 11.1. The lowest BCUT2D eigenvalue weighted by Gasteiger charge is -2.08. The third kappa shape index (κ3) is 3.06. The van der Waals surface area contributed by atoms with Crippen molar-refractivity contribution in [2.75, 3.05) is 11.1 Å². The summed E-state index contributed by atoms with van der Waals surface area (Å²) >= 11 is 1.36. The van der Waals surface area contributed by atoms with E-state index in [1.54, 1.807) is 0 Å². The number of aryl methyl sites for hydroxylation is 1. The molecule has 0 saturated carbocycles. The number of anilines is 1. The number of hydrogen-bond donors (Lipinski definition) is 1. The van der Waals surface area contributed by atoms with Gasteiger partial charge in [0.05, 0.1) is 16.8 Å². The van der Waals surface area contributed by atoms with Crippen LogP contribution in [0, 0.1) is 6.92 Å². The molecule has 0 bridgehead atoms. The van der Waals surface area contributed by atoms with Crippen LogP contribution in [0.25, 0.3) is 16.7 Å². The highest BCUT2D eigenvalue weighted by molar-refractivity contribution is 8.00. The summed E-state index contributed by atoms with van der Waals surface area (Å²) in [5.74, 6) is 0.965. The number of carbonyl (C=O) groups is 1. The number of thioether (sulfide) groups is 1. The van der Waals surface area contributed by atoms with Gasteiger partial charge in [-0.15, -0.1) is 10.2 Å². The number of hydrogen-bond acceptors (Lipinski definition) is 5. The molecular weight excluding hydrogens is 334 g/mol. The van der Waals surface area contributed by atoms with Gasteiger partial charge < -0.3 is 5.32 Å².